The van der Waals surface area contributed by atoms with Crippen molar-refractivity contribution in [3.63, 3.8) is 0 Å². The van der Waals surface area contributed by atoms with Crippen molar-refractivity contribution in [2.75, 3.05) is 13.1 Å². The number of piperidine rings is 1. The molecular formula is C15H26F3N. The van der Waals surface area contributed by atoms with E-state index >= 15 is 0 Å². The summed E-state index contributed by atoms with van der Waals surface area (Å²) in [5.74, 6) is 0.511. The van der Waals surface area contributed by atoms with E-state index in [1.165, 1.54) is 25.7 Å². The van der Waals surface area contributed by atoms with E-state index in [-0.39, 0.29) is 0 Å². The summed E-state index contributed by atoms with van der Waals surface area (Å²) >= 11 is 0. The summed E-state index contributed by atoms with van der Waals surface area (Å²) in [5.41, 5.74) is 0. The largest absolute Gasteiger partial charge is 0.391 e. The molecule has 0 unspecified atom stereocenters. The van der Waals surface area contributed by atoms with Crippen molar-refractivity contribution in [3.8, 4) is 0 Å². The van der Waals surface area contributed by atoms with Gasteiger partial charge in [0, 0.05) is 6.04 Å². The maximum absolute atomic E-state index is 12.6. The fraction of sp³-hybridized carbons (Fsp3) is 1.00. The van der Waals surface area contributed by atoms with Gasteiger partial charge in [0.2, 0.25) is 0 Å². The Balaban J connectivity index is 1.77. The lowest BCUT2D eigenvalue weighted by atomic mass is 9.78. The number of hydrogen-bond donors (Lipinski definition) is 0. The first-order valence-electron chi connectivity index (χ1n) is 7.68. The minimum atomic E-state index is -3.98. The van der Waals surface area contributed by atoms with Crippen LogP contribution in [0.3, 0.4) is 0 Å². The first-order chi connectivity index (χ1) is 8.88. The highest BCUT2D eigenvalue weighted by molar-refractivity contribution is 4.85. The molecule has 1 aliphatic heterocycles. The van der Waals surface area contributed by atoms with Crippen LogP contribution in [0, 0.1) is 17.8 Å². The van der Waals surface area contributed by atoms with Crippen LogP contribution in [0.2, 0.25) is 0 Å². The zero-order valence-corrected chi connectivity index (χ0v) is 12.0. The molecule has 2 aliphatic rings. The van der Waals surface area contributed by atoms with E-state index in [1.807, 2.05) is 0 Å². The Morgan fingerprint density at radius 1 is 0.895 bits per heavy atom. The van der Waals surface area contributed by atoms with E-state index < -0.39 is 12.1 Å². The maximum Gasteiger partial charge on any atom is 0.391 e. The second-order valence-electron chi connectivity index (χ2n) is 6.66. The highest BCUT2D eigenvalue weighted by Gasteiger charge is 2.42. The van der Waals surface area contributed by atoms with Gasteiger partial charge in [-0.05, 0) is 63.5 Å². The molecule has 19 heavy (non-hydrogen) atoms. The third-order valence-electron chi connectivity index (χ3n) is 5.19. The van der Waals surface area contributed by atoms with Crippen LogP contribution in [0.15, 0.2) is 0 Å². The molecule has 0 aromatic rings. The number of hydrogen-bond acceptors (Lipinski definition) is 1. The molecule has 2 rings (SSSR count). The Morgan fingerprint density at radius 2 is 1.42 bits per heavy atom. The quantitative estimate of drug-likeness (QED) is 0.719. The molecule has 0 spiro atoms. The minimum Gasteiger partial charge on any atom is -0.300 e. The predicted octanol–water partition coefficient (Wildman–Crippen LogP) is 4.48. The van der Waals surface area contributed by atoms with Crippen LogP contribution in [0.5, 0.6) is 0 Å². The van der Waals surface area contributed by atoms with Crippen molar-refractivity contribution in [2.24, 2.45) is 17.8 Å². The van der Waals surface area contributed by atoms with Gasteiger partial charge in [0.1, 0.15) is 0 Å². The van der Waals surface area contributed by atoms with Gasteiger partial charge in [0.05, 0.1) is 5.92 Å². The van der Waals surface area contributed by atoms with Crippen molar-refractivity contribution in [1.29, 1.82) is 0 Å². The summed E-state index contributed by atoms with van der Waals surface area (Å²) < 4.78 is 37.9. The molecule has 0 amide bonds. The molecule has 0 N–H and O–H groups in total. The molecule has 1 nitrogen and oxygen atoms in total. The Bertz CT molecular complexity index is 272. The predicted molar refractivity (Wildman–Crippen MR) is 70.9 cm³/mol. The van der Waals surface area contributed by atoms with Gasteiger partial charge in [0.15, 0.2) is 0 Å². The summed E-state index contributed by atoms with van der Waals surface area (Å²) in [4.78, 5) is 2.32. The standard InChI is InChI=1S/C15H26F3N/c1-11(2)12-3-5-14(6-4-12)19-9-7-13(8-10-19)15(16,17)18/h11-14H,3-10H2,1-2H3. The van der Waals surface area contributed by atoms with Crippen LogP contribution in [0.25, 0.3) is 0 Å². The van der Waals surface area contributed by atoms with Crippen LogP contribution in [-0.2, 0) is 0 Å². The lowest BCUT2D eigenvalue weighted by Crippen LogP contribution is -2.45. The molecule has 4 heteroatoms. The van der Waals surface area contributed by atoms with E-state index in [9.17, 15) is 13.2 Å². The van der Waals surface area contributed by atoms with Crippen molar-refractivity contribution in [2.45, 2.75) is 64.6 Å². The van der Waals surface area contributed by atoms with Gasteiger partial charge in [0.25, 0.3) is 0 Å². The van der Waals surface area contributed by atoms with Crippen LogP contribution in [0.4, 0.5) is 13.2 Å². The average molecular weight is 277 g/mol. The van der Waals surface area contributed by atoms with E-state index in [2.05, 4.69) is 18.7 Å². The smallest absolute Gasteiger partial charge is 0.300 e. The molecule has 1 aliphatic carbocycles. The summed E-state index contributed by atoms with van der Waals surface area (Å²) in [5, 5.41) is 0. The van der Waals surface area contributed by atoms with E-state index in [0.29, 0.717) is 32.0 Å². The van der Waals surface area contributed by atoms with Gasteiger partial charge >= 0.3 is 6.18 Å². The molecule has 1 heterocycles. The van der Waals surface area contributed by atoms with Gasteiger partial charge in [-0.2, -0.15) is 13.2 Å². The Morgan fingerprint density at radius 3 is 1.84 bits per heavy atom. The second kappa shape index (κ2) is 6.02. The van der Waals surface area contributed by atoms with Gasteiger partial charge in [-0.1, -0.05) is 13.8 Å². The van der Waals surface area contributed by atoms with E-state index in [0.717, 1.165) is 11.8 Å². The van der Waals surface area contributed by atoms with Crippen molar-refractivity contribution >= 4 is 0 Å². The van der Waals surface area contributed by atoms with E-state index in [4.69, 9.17) is 0 Å². The fourth-order valence-corrected chi connectivity index (χ4v) is 3.73. The van der Waals surface area contributed by atoms with E-state index in [1.54, 1.807) is 0 Å². The topological polar surface area (TPSA) is 3.24 Å². The molecule has 112 valence electrons. The number of nitrogens with zero attached hydrogens (tertiary/aromatic N) is 1. The van der Waals surface area contributed by atoms with Crippen LogP contribution >= 0.6 is 0 Å². The number of halogens is 3. The normalized spacial score (nSPS) is 31.9. The van der Waals surface area contributed by atoms with Gasteiger partial charge in [-0.25, -0.2) is 0 Å². The van der Waals surface area contributed by atoms with Gasteiger partial charge in [-0.15, -0.1) is 0 Å². The number of alkyl halides is 3. The molecule has 0 bridgehead atoms. The monoisotopic (exact) mass is 277 g/mol. The first-order valence-corrected chi connectivity index (χ1v) is 7.68. The summed E-state index contributed by atoms with van der Waals surface area (Å²) in [6.45, 7) is 5.84. The van der Waals surface area contributed by atoms with Crippen LogP contribution in [0.1, 0.15) is 52.4 Å². The van der Waals surface area contributed by atoms with Crippen LogP contribution < -0.4 is 0 Å². The Labute approximate surface area is 114 Å². The molecule has 2 fully saturated rings. The van der Waals surface area contributed by atoms with Gasteiger partial charge in [-0.3, -0.25) is 0 Å². The molecule has 1 saturated heterocycles. The molecule has 1 saturated carbocycles. The molecule has 0 aromatic heterocycles. The third-order valence-corrected chi connectivity index (χ3v) is 5.19. The molecule has 0 aromatic carbocycles. The molecular weight excluding hydrogens is 251 g/mol. The Hall–Kier alpha value is -0.250. The van der Waals surface area contributed by atoms with Gasteiger partial charge < -0.3 is 4.90 Å². The van der Waals surface area contributed by atoms with Crippen molar-refractivity contribution < 1.29 is 13.2 Å². The average Bonchev–Trinajstić information content (AvgIpc) is 2.38. The summed E-state index contributed by atoms with van der Waals surface area (Å²) in [6, 6.07) is 0.546. The molecule has 0 atom stereocenters. The highest BCUT2D eigenvalue weighted by atomic mass is 19.4. The summed E-state index contributed by atoms with van der Waals surface area (Å²) in [6.07, 6.45) is 1.48. The van der Waals surface area contributed by atoms with Crippen LogP contribution in [-0.4, -0.2) is 30.2 Å². The second-order valence-corrected chi connectivity index (χ2v) is 6.66. The highest BCUT2D eigenvalue weighted by Crippen LogP contribution is 2.37. The van der Waals surface area contributed by atoms with Crippen molar-refractivity contribution in [3.05, 3.63) is 0 Å². The SMILES string of the molecule is CC(C)C1CCC(N2CCC(C(F)(F)F)CC2)CC1. The summed E-state index contributed by atoms with van der Waals surface area (Å²) in [7, 11) is 0. The molecule has 0 radical (unpaired) electrons. The lowest BCUT2D eigenvalue weighted by molar-refractivity contribution is -0.186. The Kier molecular flexibility index (Phi) is 4.80. The maximum atomic E-state index is 12.6. The first kappa shape index (κ1) is 15.1. The lowest BCUT2D eigenvalue weighted by Gasteiger charge is -2.41. The number of likely N-dealkylation sites (tertiary alicyclic amines) is 1. The zero-order valence-electron chi connectivity index (χ0n) is 12.0. The number of rotatable bonds is 2. The van der Waals surface area contributed by atoms with Crippen molar-refractivity contribution in [1.82, 2.24) is 4.90 Å². The fourth-order valence-electron chi connectivity index (χ4n) is 3.73. The minimum absolute atomic E-state index is 0.299. The zero-order chi connectivity index (χ0) is 14.0. The third kappa shape index (κ3) is 3.87.